The van der Waals surface area contributed by atoms with Gasteiger partial charge in [-0.15, -0.1) is 0 Å². The van der Waals surface area contributed by atoms with Crippen LogP contribution in [0.1, 0.15) is 11.7 Å². The molecule has 0 spiro atoms. The van der Waals surface area contributed by atoms with Crippen molar-refractivity contribution >= 4 is 29.7 Å². The maximum absolute atomic E-state index is 13.4. The molecule has 1 aliphatic heterocycles. The van der Waals surface area contributed by atoms with Crippen LogP contribution in [0.25, 0.3) is 0 Å². The topological polar surface area (TPSA) is 73.9 Å². The summed E-state index contributed by atoms with van der Waals surface area (Å²) in [5.41, 5.74) is 0.0407. The third-order valence-corrected chi connectivity index (χ3v) is 11.2. The quantitative estimate of drug-likeness (QED) is 0.487. The number of benzene rings is 3. The zero-order valence-corrected chi connectivity index (χ0v) is 18.2. The first-order valence-electron chi connectivity index (χ1n) is 9.87. The number of amides is 1. The molecule has 0 aromatic heterocycles. The van der Waals surface area contributed by atoms with E-state index in [1.165, 1.54) is 14.2 Å². The van der Waals surface area contributed by atoms with E-state index >= 15 is 0 Å². The zero-order valence-electron chi connectivity index (χ0n) is 17.3. The van der Waals surface area contributed by atoms with E-state index in [1.54, 1.807) is 0 Å². The summed E-state index contributed by atoms with van der Waals surface area (Å²) < 4.78 is 17.1. The van der Waals surface area contributed by atoms with E-state index in [9.17, 15) is 9.59 Å². The van der Waals surface area contributed by atoms with Crippen molar-refractivity contribution in [1.29, 1.82) is 0 Å². The predicted octanol–water partition coefficient (Wildman–Crippen LogP) is 3.69. The van der Waals surface area contributed by atoms with Crippen LogP contribution < -0.4 is 15.7 Å². The number of hydrogen-bond acceptors (Lipinski definition) is 5. The first-order chi connectivity index (χ1) is 15.1. The Labute approximate surface area is 181 Å². The van der Waals surface area contributed by atoms with Gasteiger partial charge in [0.15, 0.2) is 0 Å². The van der Waals surface area contributed by atoms with Gasteiger partial charge in [-0.05, 0) is 0 Å². The Bertz CT molecular complexity index is 1040. The monoisotopic (exact) mass is 437 g/mol. The number of esters is 1. The van der Waals surface area contributed by atoms with E-state index < -0.39 is 30.8 Å². The Balaban J connectivity index is 2.05. The second kappa shape index (κ2) is 8.14. The van der Waals surface area contributed by atoms with Gasteiger partial charge in [0.25, 0.3) is 0 Å². The fraction of sp³-hybridized carbons (Fsp3) is 0.167. The third kappa shape index (κ3) is 3.11. The van der Waals surface area contributed by atoms with E-state index in [4.69, 9.17) is 14.0 Å². The molecule has 1 aliphatic rings. The van der Waals surface area contributed by atoms with Gasteiger partial charge in [-0.2, -0.15) is 0 Å². The SMILES string of the molecule is COC(=O)NP1(c2ccccc2)(c2ccccc2)OC(c2ccccc2)C1C(=O)OC. The van der Waals surface area contributed by atoms with Crippen LogP contribution in [0.4, 0.5) is 4.79 Å². The Kier molecular flexibility index (Phi) is 5.52. The summed E-state index contributed by atoms with van der Waals surface area (Å²) in [5, 5.41) is 4.47. The Morgan fingerprint density at radius 2 is 1.26 bits per heavy atom. The summed E-state index contributed by atoms with van der Waals surface area (Å²) in [6.45, 7) is -4.11. The van der Waals surface area contributed by atoms with Gasteiger partial charge in [0, 0.05) is 0 Å². The van der Waals surface area contributed by atoms with Crippen LogP contribution in [0, 0.1) is 0 Å². The van der Waals surface area contributed by atoms with Gasteiger partial charge >= 0.3 is 181 Å². The standard InChI is InChI=1S/C24H24NO5P/c1-28-23(26)22-21(18-12-6-3-7-13-18)30-31(22,25-24(27)29-2,19-14-8-4-9-15-19)20-16-10-5-11-17-20/h3-17,21-22H,1-2H3,(H,25,27). The van der Waals surface area contributed by atoms with Crippen LogP contribution in [0.2, 0.25) is 0 Å². The summed E-state index contributed by atoms with van der Waals surface area (Å²) >= 11 is 0. The van der Waals surface area contributed by atoms with Crippen LogP contribution >= 0.6 is 6.98 Å². The number of methoxy groups -OCH3 is 2. The van der Waals surface area contributed by atoms with E-state index in [0.29, 0.717) is 10.6 Å². The van der Waals surface area contributed by atoms with Crippen molar-refractivity contribution < 1.29 is 23.6 Å². The molecular formula is C24H24NO5P. The molecule has 7 heteroatoms. The summed E-state index contributed by atoms with van der Waals surface area (Å²) in [4.78, 5) is 26.1. The molecule has 1 heterocycles. The Morgan fingerprint density at radius 3 is 1.71 bits per heavy atom. The van der Waals surface area contributed by atoms with Crippen LogP contribution in [0.3, 0.4) is 0 Å². The normalized spacial score (nSPS) is 22.1. The number of rotatable bonds is 5. The van der Waals surface area contributed by atoms with E-state index in [0.717, 1.165) is 5.56 Å². The minimum atomic E-state index is -4.11. The molecule has 4 rings (SSSR count). The maximum atomic E-state index is 13.4. The molecule has 1 amide bonds. The van der Waals surface area contributed by atoms with Crippen molar-refractivity contribution in [2.75, 3.05) is 14.2 Å². The van der Waals surface area contributed by atoms with Crippen LogP contribution in [0.5, 0.6) is 0 Å². The molecule has 0 bridgehead atoms. The predicted molar refractivity (Wildman–Crippen MR) is 121 cm³/mol. The zero-order chi connectivity index (χ0) is 21.9. The number of ether oxygens (including phenoxy) is 2. The van der Waals surface area contributed by atoms with Crippen molar-refractivity contribution in [1.82, 2.24) is 5.09 Å². The molecule has 0 radical (unpaired) electrons. The minimum absolute atomic E-state index is 0.457. The molecule has 1 saturated heterocycles. The van der Waals surface area contributed by atoms with Crippen LogP contribution in [-0.4, -0.2) is 31.9 Å². The summed E-state index contributed by atoms with van der Waals surface area (Å²) in [5.74, 6) is -0.457. The average molecular weight is 437 g/mol. The van der Waals surface area contributed by atoms with Gasteiger partial charge in [-0.3, -0.25) is 0 Å². The number of carbonyl (C=O) groups excluding carboxylic acids is 2. The molecule has 1 N–H and O–H groups in total. The van der Waals surface area contributed by atoms with Crippen LogP contribution in [-0.2, 0) is 18.8 Å². The van der Waals surface area contributed by atoms with Gasteiger partial charge in [0.2, 0.25) is 0 Å². The number of nitrogens with one attached hydrogen (secondary N) is 1. The number of carbonyl (C=O) groups is 2. The number of hydrogen-bond donors (Lipinski definition) is 1. The molecule has 2 unspecified atom stereocenters. The van der Waals surface area contributed by atoms with Crippen molar-refractivity contribution in [2.45, 2.75) is 11.8 Å². The van der Waals surface area contributed by atoms with Crippen molar-refractivity contribution in [3.8, 4) is 0 Å². The molecule has 6 nitrogen and oxygen atoms in total. The fourth-order valence-electron chi connectivity index (χ4n) is 4.38. The summed E-state index contributed by atoms with van der Waals surface area (Å²) in [6.07, 6.45) is -1.27. The molecule has 0 saturated carbocycles. The van der Waals surface area contributed by atoms with Gasteiger partial charge < -0.3 is 0 Å². The second-order valence-corrected chi connectivity index (χ2v) is 11.5. The van der Waals surface area contributed by atoms with Gasteiger partial charge in [-0.25, -0.2) is 0 Å². The van der Waals surface area contributed by atoms with E-state index in [1.807, 2.05) is 91.0 Å². The first-order valence-corrected chi connectivity index (χ1v) is 12.1. The second-order valence-electron chi connectivity index (χ2n) is 7.28. The van der Waals surface area contributed by atoms with Crippen molar-refractivity contribution in [3.63, 3.8) is 0 Å². The van der Waals surface area contributed by atoms with Crippen molar-refractivity contribution in [2.24, 2.45) is 0 Å². The average Bonchev–Trinajstić information content (AvgIpc) is 2.83. The summed E-state index contributed by atoms with van der Waals surface area (Å²) in [7, 11) is 2.64. The first kappa shape index (κ1) is 21.0. The molecule has 3 aromatic rings. The molecule has 2 atom stereocenters. The Morgan fingerprint density at radius 1 is 0.774 bits per heavy atom. The van der Waals surface area contributed by atoms with Crippen molar-refractivity contribution in [3.05, 3.63) is 96.6 Å². The Hall–Kier alpha value is -3.21. The summed E-state index contributed by atoms with van der Waals surface area (Å²) in [6, 6.07) is 28.2. The fourth-order valence-corrected chi connectivity index (χ4v) is 9.91. The van der Waals surface area contributed by atoms with Crippen LogP contribution in [0.15, 0.2) is 91.0 Å². The van der Waals surface area contributed by atoms with Gasteiger partial charge in [0.1, 0.15) is 0 Å². The molecular weight excluding hydrogens is 413 g/mol. The van der Waals surface area contributed by atoms with E-state index in [-0.39, 0.29) is 0 Å². The molecule has 31 heavy (non-hydrogen) atoms. The molecule has 3 aromatic carbocycles. The van der Waals surface area contributed by atoms with Gasteiger partial charge in [0.05, 0.1) is 0 Å². The molecule has 160 valence electrons. The van der Waals surface area contributed by atoms with E-state index in [2.05, 4.69) is 5.09 Å². The molecule has 0 aliphatic carbocycles. The molecule has 1 fully saturated rings. The third-order valence-electron chi connectivity index (χ3n) is 5.76. The van der Waals surface area contributed by atoms with Gasteiger partial charge in [-0.1, -0.05) is 0 Å².